The van der Waals surface area contributed by atoms with Gasteiger partial charge in [-0.1, -0.05) is 31.7 Å². The largest absolute Gasteiger partial charge is 0.344 e. The minimum atomic E-state index is -4.38. The molecule has 9 nitrogen and oxygen atoms in total. The van der Waals surface area contributed by atoms with Crippen LogP contribution in [-0.2, 0) is 35.9 Å². The molecule has 0 aliphatic carbocycles. The van der Waals surface area contributed by atoms with Crippen LogP contribution < -0.4 is 4.90 Å². The molecule has 0 amide bonds. The number of hydrogen-bond acceptors (Lipinski definition) is 7. The second kappa shape index (κ2) is 11.4. The van der Waals surface area contributed by atoms with Crippen molar-refractivity contribution in [3.63, 3.8) is 0 Å². The van der Waals surface area contributed by atoms with Crippen LogP contribution in [0.4, 0.5) is 11.4 Å². The molecule has 2 aromatic rings. The van der Waals surface area contributed by atoms with Crippen molar-refractivity contribution in [3.05, 3.63) is 71.5 Å². The van der Waals surface area contributed by atoms with E-state index in [-0.39, 0.29) is 14.9 Å². The van der Waals surface area contributed by atoms with Gasteiger partial charge in [0.25, 0.3) is 20.2 Å². The van der Waals surface area contributed by atoms with Crippen LogP contribution in [0.5, 0.6) is 0 Å². The molecule has 0 fully saturated rings. The van der Waals surface area contributed by atoms with E-state index in [4.69, 9.17) is 0 Å². The van der Waals surface area contributed by atoms with Gasteiger partial charge >= 0.3 is 0 Å². The Hall–Kier alpha value is -2.77. The lowest BCUT2D eigenvalue weighted by Crippen LogP contribution is -2.28. The molecule has 0 unspecified atom stereocenters. The molecule has 226 valence electrons. The first kappa shape index (κ1) is 32.2. The van der Waals surface area contributed by atoms with Gasteiger partial charge in [0.1, 0.15) is 6.54 Å². The second-order valence-corrected chi connectivity index (χ2v) is 15.6. The average molecular weight is 634 g/mol. The fraction of sp³-hybridized carbons (Fsp3) is 0.400. The van der Waals surface area contributed by atoms with Crippen LogP contribution in [0.2, 0.25) is 0 Å². The van der Waals surface area contributed by atoms with Crippen molar-refractivity contribution >= 4 is 54.2 Å². The van der Waals surface area contributed by atoms with Crippen LogP contribution >= 0.6 is 11.8 Å². The Morgan fingerprint density at radius 1 is 0.952 bits per heavy atom. The quantitative estimate of drug-likeness (QED) is 0.209. The molecule has 0 radical (unpaired) electrons. The van der Waals surface area contributed by atoms with Crippen LogP contribution in [0.15, 0.2) is 70.1 Å². The first-order valence-corrected chi connectivity index (χ1v) is 17.5. The molecule has 2 N–H and O–H groups in total. The Balaban J connectivity index is 1.77. The molecule has 0 saturated carbocycles. The number of nitrogens with zero attached hydrogens (tertiary/aromatic N) is 2. The Kier molecular flexibility index (Phi) is 8.71. The van der Waals surface area contributed by atoms with E-state index < -0.39 is 31.1 Å². The molecule has 0 atom stereocenters. The van der Waals surface area contributed by atoms with Crippen LogP contribution in [0.3, 0.4) is 0 Å². The van der Waals surface area contributed by atoms with E-state index in [9.17, 15) is 30.7 Å². The van der Waals surface area contributed by atoms with Crippen molar-refractivity contribution in [2.45, 2.75) is 68.6 Å². The summed E-state index contributed by atoms with van der Waals surface area (Å²) in [4.78, 5) is 13.3. The monoisotopic (exact) mass is 633 g/mol. The number of fused-ring (bicyclic) bond motifs is 2. The molecule has 0 bridgehead atoms. The van der Waals surface area contributed by atoms with Gasteiger partial charge in [-0.3, -0.25) is 13.9 Å². The number of anilines is 1. The Morgan fingerprint density at radius 2 is 1.55 bits per heavy atom. The van der Waals surface area contributed by atoms with Gasteiger partial charge in [0.05, 0.1) is 15.2 Å². The molecule has 2 aliphatic rings. The van der Waals surface area contributed by atoms with Crippen LogP contribution in [0, 0.1) is 0 Å². The maximum atomic E-state index is 11.9. The van der Waals surface area contributed by atoms with Crippen molar-refractivity contribution in [1.82, 2.24) is 0 Å². The molecule has 0 spiro atoms. The summed E-state index contributed by atoms with van der Waals surface area (Å²) < 4.78 is 68.9. The molecule has 2 aromatic carbocycles. The highest BCUT2D eigenvalue weighted by Gasteiger charge is 2.45. The molecule has 2 aliphatic heterocycles. The standard InChI is InChI=1S/C30H36N2O7S3/c1-7-31-25-14-12-21(41(34,35)36)18-23(25)29(3,4)27(31)10-8-11-28-30(5,6)24-19-22(42(37,38)39)13-15-26(24)32(28)16-9-17-40-20(2)33/h8,10-15,18-19H,7,9,16-17H2,1-6H3,(H-,34,35,36,37,38,39)/p+1. The van der Waals surface area contributed by atoms with Crippen molar-refractivity contribution in [2.75, 3.05) is 23.7 Å². The highest BCUT2D eigenvalue weighted by atomic mass is 32.2. The molecule has 42 heavy (non-hydrogen) atoms. The third-order valence-electron chi connectivity index (χ3n) is 7.98. The van der Waals surface area contributed by atoms with E-state index in [1.54, 1.807) is 12.1 Å². The van der Waals surface area contributed by atoms with E-state index in [0.717, 1.165) is 40.3 Å². The Morgan fingerprint density at radius 3 is 2.12 bits per heavy atom. The SMILES string of the molecule is CCN1/C(=C\C=C\C2=[N+](CCCSC(C)=O)c3ccc(S(=O)(=O)O)cc3C2(C)C)C(C)(C)c2cc(S(=O)(=O)O)ccc21. The number of benzene rings is 2. The highest BCUT2D eigenvalue weighted by molar-refractivity contribution is 8.13. The lowest BCUT2D eigenvalue weighted by atomic mass is 9.81. The Labute approximate surface area is 252 Å². The predicted octanol–water partition coefficient (Wildman–Crippen LogP) is 5.48. The minimum Gasteiger partial charge on any atom is -0.344 e. The fourth-order valence-electron chi connectivity index (χ4n) is 5.88. The lowest BCUT2D eigenvalue weighted by molar-refractivity contribution is -0.437. The molecular weight excluding hydrogens is 597 g/mol. The van der Waals surface area contributed by atoms with Gasteiger partial charge in [-0.25, -0.2) is 0 Å². The van der Waals surface area contributed by atoms with Crippen LogP contribution in [0.1, 0.15) is 59.1 Å². The van der Waals surface area contributed by atoms with Gasteiger partial charge in [-0.05, 0) is 62.7 Å². The topological polar surface area (TPSA) is 132 Å². The summed E-state index contributed by atoms with van der Waals surface area (Å²) in [5, 5.41) is 0.0510. The maximum absolute atomic E-state index is 11.9. The normalized spacial score (nSPS) is 18.7. The number of thioether (sulfide) groups is 1. The zero-order chi connectivity index (χ0) is 31.3. The molecule has 12 heteroatoms. The van der Waals surface area contributed by atoms with Gasteiger partial charge in [0.15, 0.2) is 10.8 Å². The first-order valence-electron chi connectivity index (χ1n) is 13.6. The lowest BCUT2D eigenvalue weighted by Gasteiger charge is -2.25. The number of allylic oxidation sites excluding steroid dienone is 4. The number of carbonyl (C=O) groups excluding carboxylic acids is 1. The summed E-state index contributed by atoms with van der Waals surface area (Å²) >= 11 is 1.26. The number of likely N-dealkylation sites (N-methyl/N-ethyl adjacent to an activating group) is 1. The van der Waals surface area contributed by atoms with E-state index in [0.29, 0.717) is 18.8 Å². The Bertz CT molecular complexity index is 1750. The summed E-state index contributed by atoms with van der Waals surface area (Å²) in [5.74, 6) is 0.648. The molecule has 0 aromatic heterocycles. The zero-order valence-corrected chi connectivity index (χ0v) is 27.0. The third kappa shape index (κ3) is 6.00. The van der Waals surface area contributed by atoms with Crippen molar-refractivity contribution < 1.29 is 35.3 Å². The van der Waals surface area contributed by atoms with Crippen molar-refractivity contribution in [2.24, 2.45) is 0 Å². The van der Waals surface area contributed by atoms with E-state index in [2.05, 4.69) is 9.48 Å². The van der Waals surface area contributed by atoms with Crippen molar-refractivity contribution in [1.29, 1.82) is 0 Å². The van der Waals surface area contributed by atoms with Crippen LogP contribution in [-0.4, -0.2) is 60.2 Å². The molecule has 2 heterocycles. The van der Waals surface area contributed by atoms with Gasteiger partial charge < -0.3 is 4.90 Å². The summed E-state index contributed by atoms with van der Waals surface area (Å²) in [5.41, 5.74) is 4.02. The third-order valence-corrected chi connectivity index (χ3v) is 10.6. The fourth-order valence-corrected chi connectivity index (χ4v) is 7.46. The zero-order valence-electron chi connectivity index (χ0n) is 24.6. The van der Waals surface area contributed by atoms with Gasteiger partial charge in [0.2, 0.25) is 5.69 Å². The number of carbonyl (C=O) groups is 1. The smallest absolute Gasteiger partial charge is 0.294 e. The van der Waals surface area contributed by atoms with Crippen LogP contribution in [0.25, 0.3) is 0 Å². The van der Waals surface area contributed by atoms with Gasteiger partial charge in [0, 0.05) is 60.1 Å². The van der Waals surface area contributed by atoms with E-state index in [1.807, 2.05) is 52.8 Å². The summed E-state index contributed by atoms with van der Waals surface area (Å²) in [7, 11) is -8.73. The highest BCUT2D eigenvalue weighted by Crippen LogP contribution is 2.48. The number of hydrogen-bond donors (Lipinski definition) is 2. The molecule has 0 saturated heterocycles. The van der Waals surface area contributed by atoms with Gasteiger partial charge in [-0.2, -0.15) is 21.4 Å². The summed E-state index contributed by atoms with van der Waals surface area (Å²) in [6.07, 6.45) is 6.66. The van der Waals surface area contributed by atoms with E-state index >= 15 is 0 Å². The minimum absolute atomic E-state index is 0.0510. The summed E-state index contributed by atoms with van der Waals surface area (Å²) in [6.45, 7) is 12.8. The summed E-state index contributed by atoms with van der Waals surface area (Å²) in [6, 6.07) is 9.27. The van der Waals surface area contributed by atoms with E-state index in [1.165, 1.54) is 43.0 Å². The van der Waals surface area contributed by atoms with Crippen molar-refractivity contribution in [3.8, 4) is 0 Å². The molecular formula is C30H37N2O7S3+. The maximum Gasteiger partial charge on any atom is 0.294 e. The molecule has 4 rings (SSSR count). The predicted molar refractivity (Wildman–Crippen MR) is 166 cm³/mol. The second-order valence-electron chi connectivity index (χ2n) is 11.4. The van der Waals surface area contributed by atoms with Gasteiger partial charge in [-0.15, -0.1) is 0 Å². The first-order chi connectivity index (χ1) is 19.4. The average Bonchev–Trinajstić information content (AvgIpc) is 3.23. The number of rotatable bonds is 9.